The zero-order chi connectivity index (χ0) is 13.1. The van der Waals surface area contributed by atoms with Gasteiger partial charge in [0.05, 0.1) is 16.9 Å². The second kappa shape index (κ2) is 5.39. The first-order valence-electron chi connectivity index (χ1n) is 6.79. The molecule has 0 aliphatic carbocycles. The molecular formula is C15H21N3. The van der Waals surface area contributed by atoms with E-state index in [0.717, 1.165) is 41.6 Å². The molecule has 18 heavy (non-hydrogen) atoms. The fourth-order valence-corrected chi connectivity index (χ4v) is 2.89. The zero-order valence-electron chi connectivity index (χ0n) is 11.5. The van der Waals surface area contributed by atoms with Gasteiger partial charge in [0, 0.05) is 18.8 Å². The normalized spacial score (nSPS) is 19.0. The van der Waals surface area contributed by atoms with Gasteiger partial charge in [0.1, 0.15) is 6.07 Å². The predicted octanol–water partition coefficient (Wildman–Crippen LogP) is 3.20. The summed E-state index contributed by atoms with van der Waals surface area (Å²) in [5.74, 6) is 0.787. The monoisotopic (exact) mass is 243 g/mol. The lowest BCUT2D eigenvalue weighted by Gasteiger charge is -2.21. The number of hydrogen-bond donors (Lipinski definition) is 0. The molecule has 1 aliphatic rings. The van der Waals surface area contributed by atoms with Crippen LogP contribution in [-0.2, 0) is 0 Å². The van der Waals surface area contributed by atoms with Crippen LogP contribution < -0.4 is 4.90 Å². The average Bonchev–Trinajstić information content (AvgIpc) is 2.77. The van der Waals surface area contributed by atoms with Crippen molar-refractivity contribution >= 4 is 5.69 Å². The molecule has 1 aromatic heterocycles. The summed E-state index contributed by atoms with van der Waals surface area (Å²) in [5.41, 5.74) is 3.69. The maximum absolute atomic E-state index is 9.30. The van der Waals surface area contributed by atoms with Crippen LogP contribution >= 0.6 is 0 Å². The Balaban J connectivity index is 2.27. The third-order valence-corrected chi connectivity index (χ3v) is 3.74. The molecule has 3 heteroatoms. The van der Waals surface area contributed by atoms with Crippen molar-refractivity contribution in [1.82, 2.24) is 4.98 Å². The van der Waals surface area contributed by atoms with Crippen LogP contribution in [0.25, 0.3) is 0 Å². The van der Waals surface area contributed by atoms with E-state index in [1.54, 1.807) is 0 Å². The topological polar surface area (TPSA) is 39.9 Å². The number of rotatable bonds is 3. The van der Waals surface area contributed by atoms with Gasteiger partial charge in [0.15, 0.2) is 0 Å². The summed E-state index contributed by atoms with van der Waals surface area (Å²) < 4.78 is 0. The van der Waals surface area contributed by atoms with Gasteiger partial charge in [0.25, 0.3) is 0 Å². The third-order valence-electron chi connectivity index (χ3n) is 3.74. The Morgan fingerprint density at radius 3 is 2.94 bits per heavy atom. The summed E-state index contributed by atoms with van der Waals surface area (Å²) in [7, 11) is 0. The molecule has 1 aromatic rings. The number of hydrogen-bond acceptors (Lipinski definition) is 3. The quantitative estimate of drug-likeness (QED) is 0.818. The van der Waals surface area contributed by atoms with Crippen LogP contribution in [0.4, 0.5) is 5.69 Å². The molecule has 2 heterocycles. The minimum atomic E-state index is 0.748. The molecule has 1 fully saturated rings. The molecule has 0 radical (unpaired) electrons. The van der Waals surface area contributed by atoms with Crippen LogP contribution in [0, 0.1) is 31.1 Å². The molecule has 3 nitrogen and oxygen atoms in total. The van der Waals surface area contributed by atoms with E-state index >= 15 is 0 Å². The summed E-state index contributed by atoms with van der Waals surface area (Å²) in [4.78, 5) is 6.74. The van der Waals surface area contributed by atoms with Crippen molar-refractivity contribution in [2.45, 2.75) is 40.0 Å². The maximum atomic E-state index is 9.30. The highest BCUT2D eigenvalue weighted by atomic mass is 15.2. The van der Waals surface area contributed by atoms with Crippen molar-refractivity contribution in [3.8, 4) is 6.07 Å². The molecule has 1 aliphatic heterocycles. The lowest BCUT2D eigenvalue weighted by atomic mass is 10.0. The molecule has 0 N–H and O–H groups in total. The lowest BCUT2D eigenvalue weighted by molar-refractivity contribution is 0.530. The molecule has 1 unspecified atom stereocenters. The van der Waals surface area contributed by atoms with E-state index in [2.05, 4.69) is 28.9 Å². The van der Waals surface area contributed by atoms with Crippen LogP contribution in [0.15, 0.2) is 6.07 Å². The highest BCUT2D eigenvalue weighted by Crippen LogP contribution is 2.30. The molecule has 0 saturated carbocycles. The minimum Gasteiger partial charge on any atom is -0.370 e. The Hall–Kier alpha value is -1.56. The Kier molecular flexibility index (Phi) is 3.86. The van der Waals surface area contributed by atoms with E-state index in [-0.39, 0.29) is 0 Å². The van der Waals surface area contributed by atoms with E-state index in [9.17, 15) is 5.26 Å². The van der Waals surface area contributed by atoms with Crippen molar-refractivity contribution in [2.75, 3.05) is 18.0 Å². The lowest BCUT2D eigenvalue weighted by Crippen LogP contribution is -2.21. The summed E-state index contributed by atoms with van der Waals surface area (Å²) in [5, 5.41) is 9.30. The molecule has 0 aromatic carbocycles. The van der Waals surface area contributed by atoms with E-state index < -0.39 is 0 Å². The van der Waals surface area contributed by atoms with Gasteiger partial charge in [-0.05, 0) is 38.7 Å². The molecule has 0 amide bonds. The number of aromatic nitrogens is 1. The van der Waals surface area contributed by atoms with Crippen LogP contribution in [0.5, 0.6) is 0 Å². The first-order valence-corrected chi connectivity index (χ1v) is 6.79. The van der Waals surface area contributed by atoms with Gasteiger partial charge in [-0.15, -0.1) is 0 Å². The fraction of sp³-hybridized carbons (Fsp3) is 0.600. The van der Waals surface area contributed by atoms with Gasteiger partial charge in [-0.25, -0.2) is 0 Å². The SMILES string of the molecule is CCCC1CCN(c2cc(C)nc(C)c2C#N)C1. The Morgan fingerprint density at radius 1 is 1.50 bits per heavy atom. The molecule has 1 saturated heterocycles. The van der Waals surface area contributed by atoms with E-state index in [4.69, 9.17) is 0 Å². The predicted molar refractivity (Wildman–Crippen MR) is 73.7 cm³/mol. The highest BCUT2D eigenvalue weighted by Gasteiger charge is 2.24. The first kappa shape index (κ1) is 12.9. The summed E-state index contributed by atoms with van der Waals surface area (Å²) in [6.45, 7) is 8.32. The van der Waals surface area contributed by atoms with Crippen molar-refractivity contribution in [3.63, 3.8) is 0 Å². The third kappa shape index (κ3) is 2.48. The van der Waals surface area contributed by atoms with Gasteiger partial charge in [0.2, 0.25) is 0 Å². The summed E-state index contributed by atoms with van der Waals surface area (Å²) in [6, 6.07) is 4.37. The largest absolute Gasteiger partial charge is 0.370 e. The average molecular weight is 243 g/mol. The number of aryl methyl sites for hydroxylation is 2. The molecular weight excluding hydrogens is 222 g/mol. The number of nitriles is 1. The Morgan fingerprint density at radius 2 is 2.28 bits per heavy atom. The Labute approximate surface area is 109 Å². The second-order valence-corrected chi connectivity index (χ2v) is 5.24. The van der Waals surface area contributed by atoms with E-state index in [1.165, 1.54) is 19.3 Å². The zero-order valence-corrected chi connectivity index (χ0v) is 11.5. The number of nitrogens with zero attached hydrogens (tertiary/aromatic N) is 3. The van der Waals surface area contributed by atoms with E-state index in [0.29, 0.717) is 0 Å². The van der Waals surface area contributed by atoms with Gasteiger partial charge in [-0.1, -0.05) is 13.3 Å². The highest BCUT2D eigenvalue weighted by molar-refractivity contribution is 5.62. The molecule has 0 bridgehead atoms. The summed E-state index contributed by atoms with van der Waals surface area (Å²) >= 11 is 0. The van der Waals surface area contributed by atoms with Crippen molar-refractivity contribution < 1.29 is 0 Å². The van der Waals surface area contributed by atoms with Gasteiger partial charge >= 0.3 is 0 Å². The van der Waals surface area contributed by atoms with Crippen molar-refractivity contribution in [3.05, 3.63) is 23.0 Å². The van der Waals surface area contributed by atoms with Crippen LogP contribution in [0.3, 0.4) is 0 Å². The van der Waals surface area contributed by atoms with Gasteiger partial charge in [-0.2, -0.15) is 5.26 Å². The molecule has 0 spiro atoms. The van der Waals surface area contributed by atoms with E-state index in [1.807, 2.05) is 13.8 Å². The van der Waals surface area contributed by atoms with Gasteiger partial charge < -0.3 is 4.90 Å². The molecule has 96 valence electrons. The smallest absolute Gasteiger partial charge is 0.103 e. The van der Waals surface area contributed by atoms with Crippen molar-refractivity contribution in [2.24, 2.45) is 5.92 Å². The standard InChI is InChI=1S/C15H21N3/c1-4-5-13-6-7-18(10-13)15-8-11(2)17-12(3)14(15)9-16/h8,13H,4-7,10H2,1-3H3. The van der Waals surface area contributed by atoms with Crippen LogP contribution in [0.1, 0.15) is 43.1 Å². The fourth-order valence-electron chi connectivity index (χ4n) is 2.89. The first-order chi connectivity index (χ1) is 8.65. The molecule has 1 atom stereocenters. The minimum absolute atomic E-state index is 0.748. The Bertz CT molecular complexity index is 473. The maximum Gasteiger partial charge on any atom is 0.103 e. The van der Waals surface area contributed by atoms with Crippen molar-refractivity contribution in [1.29, 1.82) is 5.26 Å². The summed E-state index contributed by atoms with van der Waals surface area (Å²) in [6.07, 6.45) is 3.79. The molecule has 2 rings (SSSR count). The number of pyridine rings is 1. The van der Waals surface area contributed by atoms with Crippen LogP contribution in [-0.4, -0.2) is 18.1 Å². The van der Waals surface area contributed by atoms with Gasteiger partial charge in [-0.3, -0.25) is 4.98 Å². The second-order valence-electron chi connectivity index (χ2n) is 5.24. The number of anilines is 1. The van der Waals surface area contributed by atoms with Crippen LogP contribution in [0.2, 0.25) is 0 Å².